The molecule has 0 atom stereocenters. The summed E-state index contributed by atoms with van der Waals surface area (Å²) >= 11 is 0. The van der Waals surface area contributed by atoms with Crippen molar-refractivity contribution in [2.75, 3.05) is 100 Å². The molecular weight excluding hydrogens is 1670 g/mol. The molecule has 0 aromatic carbocycles. The third-order valence-electron chi connectivity index (χ3n) is 17.8. The van der Waals surface area contributed by atoms with Gasteiger partial charge in [0.15, 0.2) is 0 Å². The van der Waals surface area contributed by atoms with Gasteiger partial charge in [0, 0.05) is 45.3 Å². The molecule has 0 aromatic rings. The number of ether oxygens (including phenoxy) is 4. The van der Waals surface area contributed by atoms with Gasteiger partial charge < -0.3 is 54.1 Å². The Labute approximate surface area is 865 Å². The summed E-state index contributed by atoms with van der Waals surface area (Å²) in [5.41, 5.74) is 6.48. The van der Waals surface area contributed by atoms with Crippen molar-refractivity contribution in [2.24, 2.45) is 87.1 Å². The third-order valence-corrected chi connectivity index (χ3v) is 17.8. The Bertz CT molecular complexity index is 2460. The van der Waals surface area contributed by atoms with E-state index in [4.69, 9.17) is 24.1 Å². The van der Waals surface area contributed by atoms with Crippen molar-refractivity contribution in [2.45, 2.75) is 595 Å². The number of esters is 1. The first-order chi connectivity index (χ1) is 59.7. The highest BCUT2D eigenvalue weighted by Gasteiger charge is 2.20. The Balaban J connectivity index is -0.0000000893. The van der Waals surface area contributed by atoms with Gasteiger partial charge in [-0.1, -0.05) is 432 Å². The lowest BCUT2D eigenvalue weighted by Gasteiger charge is -2.24. The van der Waals surface area contributed by atoms with Crippen LogP contribution in [-0.2, 0) is 33.3 Å². The standard InChI is InChI=1S/C12H24O3.2C10H23N.C10H22.C9H21N.C9H18O2.C9H18O.C9H20.C8H19N.C7H16O.C7H14O.2C7H16.2C5H12/c1-11(2,3)7-8-14-9-10(13)15-12(4,5)6;1-9(2,3)7-8-11-10(4,5)6;1-6-11(7-2)9-8-10(3,4)5;1-9(2)7-6-8-10(3,4)5;1-5-7-10-8-6-9(2,3)4;1-8(10)7-11-6-5-9(2,3)4;1-8(10)6-5-7-9(2,3)4;1-5-6-7-8-9(2,3)4;1-8(2,3)6-7-9(4)5;1-7(2,3)5-6-8-4;1-6(8)5-7(2,3)4;2*1-5-6-7(2,3)4;2*1-5(2,3)4/h7-9H2,1-6H3;11H,7-8H2,1-6H3;6-9H2,1-5H3;9H,6-8H2,1-5H3;10H,5-8H2,1-4H3;10H,1,5-7H2,2-4H3;5-7H2,1-4H3;5-8H2,1-4H3;6-7H2,1-5H3;5-6H2,1-4H3;5H2,1-4H3;2*5-6H2,1-4H3;2*1-4H3. The number of methoxy groups -OCH3 is 1. The molecule has 12 nitrogen and oxygen atoms in total. The number of Topliss-reactive ketones (excluding diaryl/α,β-unsaturated/α-hetero) is 2. The number of aliphatic hydroxyl groups excluding tert-OH is 1. The summed E-state index contributed by atoms with van der Waals surface area (Å²) in [6, 6.07) is 0. The molecule has 0 amide bonds. The van der Waals surface area contributed by atoms with E-state index in [0.717, 1.165) is 70.7 Å². The number of nitrogens with zero attached hydrogens (tertiary/aromatic N) is 2. The molecule has 0 saturated carbocycles. The van der Waals surface area contributed by atoms with Gasteiger partial charge >= 0.3 is 5.97 Å². The number of aliphatic hydroxyl groups is 1. The zero-order valence-electron chi connectivity index (χ0n) is 108. The first-order valence-electron chi connectivity index (χ1n) is 54.7. The Morgan fingerprint density at radius 1 is 0.338 bits per heavy atom. The maximum Gasteiger partial charge on any atom is 0.332 e. The van der Waals surface area contributed by atoms with Crippen LogP contribution in [0.5, 0.6) is 0 Å². The second-order valence-corrected chi connectivity index (χ2v) is 60.2. The number of nitrogens with one attached hydrogen (secondary N) is 2. The van der Waals surface area contributed by atoms with E-state index in [1.54, 1.807) is 21.0 Å². The quantitative estimate of drug-likeness (QED) is 0.0321. The predicted molar refractivity (Wildman–Crippen MR) is 626 cm³/mol. The monoisotopic (exact) mass is 1950 g/mol. The summed E-state index contributed by atoms with van der Waals surface area (Å²) in [6.45, 7) is 152. The van der Waals surface area contributed by atoms with E-state index in [-0.39, 0.29) is 47.1 Å². The summed E-state index contributed by atoms with van der Waals surface area (Å²) < 4.78 is 20.4. The lowest BCUT2D eigenvalue weighted by molar-refractivity contribution is -0.160. The largest absolute Gasteiger partial charge is 0.510 e. The Kier molecular flexibility index (Phi) is 109. The highest BCUT2D eigenvalue weighted by atomic mass is 16.6. The Morgan fingerprint density at radius 3 is 0.853 bits per heavy atom. The van der Waals surface area contributed by atoms with Crippen LogP contribution in [0.1, 0.15) is 584 Å². The normalized spacial score (nSPS) is 12.2. The number of ketones is 2. The minimum absolute atomic E-state index is 0.0490. The number of unbranched alkanes of at least 4 members (excludes halogenated alkanes) is 2. The molecule has 12 heteroatoms. The molecule has 0 bridgehead atoms. The van der Waals surface area contributed by atoms with Crippen molar-refractivity contribution >= 4 is 17.5 Å². The topological polar surface area (TPSA) is 139 Å². The van der Waals surface area contributed by atoms with Crippen molar-refractivity contribution in [1.82, 2.24) is 20.4 Å². The second-order valence-electron chi connectivity index (χ2n) is 60.2. The lowest BCUT2D eigenvalue weighted by atomic mass is 9.88. The molecule has 0 aliphatic carbocycles. The highest BCUT2D eigenvalue weighted by molar-refractivity contribution is 5.76. The van der Waals surface area contributed by atoms with E-state index in [0.29, 0.717) is 95.8 Å². The number of rotatable bonds is 34. The molecule has 0 fully saturated rings. The predicted octanol–water partition coefficient (Wildman–Crippen LogP) is 39.4. The fourth-order valence-corrected chi connectivity index (χ4v) is 10.1. The van der Waals surface area contributed by atoms with Crippen LogP contribution in [0.25, 0.3) is 0 Å². The second kappa shape index (κ2) is 88.4. The van der Waals surface area contributed by atoms with Crippen molar-refractivity contribution < 1.29 is 38.4 Å². The maximum atomic E-state index is 11.2. The van der Waals surface area contributed by atoms with Crippen LogP contribution >= 0.6 is 0 Å². The molecule has 136 heavy (non-hydrogen) atoms. The average Bonchev–Trinajstić information content (AvgIpc) is 0.965. The van der Waals surface area contributed by atoms with Crippen molar-refractivity contribution in [3.63, 3.8) is 0 Å². The average molecular weight is 1950 g/mol. The highest BCUT2D eigenvalue weighted by Crippen LogP contribution is 2.28. The molecule has 0 rings (SSSR count). The molecule has 0 aliphatic rings. The van der Waals surface area contributed by atoms with Gasteiger partial charge in [0.2, 0.25) is 0 Å². The fraction of sp³-hybridized carbons (Fsp3) is 0.960. The number of carbonyl (C=O) groups is 3. The summed E-state index contributed by atoms with van der Waals surface area (Å²) in [5.74, 6) is 1.26. The third kappa shape index (κ3) is 293. The van der Waals surface area contributed by atoms with Gasteiger partial charge in [0.1, 0.15) is 36.1 Å². The zero-order valence-corrected chi connectivity index (χ0v) is 108. The molecule has 0 aromatic heterocycles. The van der Waals surface area contributed by atoms with E-state index in [1.807, 2.05) is 20.8 Å². The zero-order chi connectivity index (χ0) is 113. The number of carbonyl (C=O) groups excluding carboxylic acids is 3. The molecule has 0 radical (unpaired) electrons. The molecule has 0 unspecified atom stereocenters. The van der Waals surface area contributed by atoms with E-state index in [9.17, 15) is 14.4 Å². The van der Waals surface area contributed by atoms with Gasteiger partial charge in [-0.3, -0.25) is 0 Å². The molecule has 0 spiro atoms. The van der Waals surface area contributed by atoms with Crippen molar-refractivity contribution in [3.8, 4) is 0 Å². The fourth-order valence-electron chi connectivity index (χ4n) is 10.1. The molecular formula is C124H274N4O8. The van der Waals surface area contributed by atoms with Crippen molar-refractivity contribution in [1.29, 1.82) is 0 Å². The summed E-state index contributed by atoms with van der Waals surface area (Å²) in [4.78, 5) is 36.9. The van der Waals surface area contributed by atoms with Crippen LogP contribution in [0.15, 0.2) is 12.3 Å². The molecule has 838 valence electrons. The minimum atomic E-state index is -0.426. The van der Waals surface area contributed by atoms with E-state index in [2.05, 4.69) is 443 Å². The summed E-state index contributed by atoms with van der Waals surface area (Å²) in [6.07, 6.45) is 28.0. The number of hydrogen-bond donors (Lipinski definition) is 3. The first-order valence-corrected chi connectivity index (χ1v) is 54.7. The van der Waals surface area contributed by atoms with Crippen LogP contribution in [0.3, 0.4) is 0 Å². The smallest absolute Gasteiger partial charge is 0.332 e. The van der Waals surface area contributed by atoms with Gasteiger partial charge in [0.25, 0.3) is 0 Å². The van der Waals surface area contributed by atoms with Crippen LogP contribution in [0, 0.1) is 87.1 Å². The van der Waals surface area contributed by atoms with Gasteiger partial charge in [0.05, 0.1) is 0 Å². The molecule has 0 saturated heterocycles. The molecule has 0 aliphatic heterocycles. The minimum Gasteiger partial charge on any atom is -0.510 e. The van der Waals surface area contributed by atoms with Crippen LogP contribution < -0.4 is 10.6 Å². The van der Waals surface area contributed by atoms with Crippen molar-refractivity contribution in [3.05, 3.63) is 12.3 Å². The Hall–Kier alpha value is -1.93. The van der Waals surface area contributed by atoms with E-state index < -0.39 is 5.60 Å². The lowest BCUT2D eigenvalue weighted by Crippen LogP contribution is -2.37. The Morgan fingerprint density at radius 2 is 0.640 bits per heavy atom. The molecule has 0 heterocycles. The maximum absolute atomic E-state index is 11.2. The van der Waals surface area contributed by atoms with Crippen LogP contribution in [0.2, 0.25) is 0 Å². The van der Waals surface area contributed by atoms with Crippen LogP contribution in [-0.4, -0.2) is 144 Å². The van der Waals surface area contributed by atoms with E-state index >= 15 is 0 Å². The van der Waals surface area contributed by atoms with Gasteiger partial charge in [-0.15, -0.1) is 0 Å². The first kappa shape index (κ1) is 167. The summed E-state index contributed by atoms with van der Waals surface area (Å²) in [7, 11) is 5.98. The summed E-state index contributed by atoms with van der Waals surface area (Å²) in [5, 5.41) is 15.5. The van der Waals surface area contributed by atoms with Gasteiger partial charge in [-0.05, 0) is 292 Å². The van der Waals surface area contributed by atoms with Gasteiger partial charge in [-0.25, -0.2) is 4.79 Å². The van der Waals surface area contributed by atoms with E-state index in [1.165, 1.54) is 129 Å². The molecule has 3 N–H and O–H groups in total. The number of hydrogen-bond acceptors (Lipinski definition) is 12. The van der Waals surface area contributed by atoms with Gasteiger partial charge in [-0.2, -0.15) is 0 Å². The van der Waals surface area contributed by atoms with Crippen LogP contribution in [0.4, 0.5) is 0 Å². The SMILES string of the molecule is C=C(O)COCCC(C)(C)C.CC(=O)CC(C)(C)C.CC(=O)CCCC(C)(C)C.CC(C)(C)C.CC(C)(C)C.CC(C)(C)CCNC(C)(C)C.CC(C)(C)CCOCC(=O)OC(C)(C)C.CC(C)CCCC(C)(C)C.CCCC(C)(C)C.CCCC(C)(C)C.CCCCCC(C)(C)C.CCCNCCC(C)(C)C.CCN(CC)CCC(C)(C)C.CN(C)CCC(C)(C)C.COCCC(C)(C)C.